The molecule has 174 valence electrons. The minimum Gasteiger partial charge on any atom is -0.480 e. The predicted molar refractivity (Wildman–Crippen MR) is 122 cm³/mol. The number of rotatable bonds is 3. The molecule has 0 aliphatic carbocycles. The highest BCUT2D eigenvalue weighted by atomic mass is 16.6. The Morgan fingerprint density at radius 2 is 1.85 bits per heavy atom. The van der Waals surface area contributed by atoms with Crippen molar-refractivity contribution in [2.45, 2.75) is 45.7 Å². The van der Waals surface area contributed by atoms with Crippen molar-refractivity contribution < 1.29 is 24.4 Å². The van der Waals surface area contributed by atoms with Gasteiger partial charge in [0.15, 0.2) is 5.78 Å². The number of nitro groups is 1. The maximum Gasteiger partial charge on any atom is 0.326 e. The normalized spacial score (nSPS) is 21.2. The van der Waals surface area contributed by atoms with Crippen LogP contribution in [0.1, 0.15) is 41.6 Å². The average Bonchev–Trinajstić information content (AvgIpc) is 2.74. The van der Waals surface area contributed by atoms with E-state index in [2.05, 4.69) is 10.6 Å². The number of aliphatic carboxylic acids is 1. The molecule has 3 atom stereocenters. The van der Waals surface area contributed by atoms with Crippen molar-refractivity contribution in [1.29, 1.82) is 0 Å². The Morgan fingerprint density at radius 1 is 1.15 bits per heavy atom. The number of Topliss-reactive ketones (excluding diaryl/α,β-unsaturated/α-hetero) is 1. The quantitative estimate of drug-likeness (QED) is 0.480. The Hall–Kier alpha value is -3.59. The molecule has 9 nitrogen and oxygen atoms in total. The zero-order chi connectivity index (χ0) is 24.4. The number of carboxylic acid groups (broad SMARTS) is 1. The van der Waals surface area contributed by atoms with Crippen molar-refractivity contribution in [1.82, 2.24) is 10.6 Å². The molecule has 2 aromatic carbocycles. The summed E-state index contributed by atoms with van der Waals surface area (Å²) in [5.74, 6) is -2.78. The zero-order valence-corrected chi connectivity index (χ0v) is 19.0. The van der Waals surface area contributed by atoms with Crippen LogP contribution in [-0.4, -0.2) is 40.8 Å². The highest BCUT2D eigenvalue weighted by Gasteiger charge is 2.29. The lowest BCUT2D eigenvalue weighted by Gasteiger charge is -2.23. The third-order valence-electron chi connectivity index (χ3n) is 6.14. The first-order valence-electron chi connectivity index (χ1n) is 10.7. The molecular formula is C24H27N3O6. The van der Waals surface area contributed by atoms with Crippen LogP contribution in [0.2, 0.25) is 0 Å². The number of nitrogens with one attached hydrogen (secondary N) is 2. The van der Waals surface area contributed by atoms with E-state index in [1.54, 1.807) is 27.0 Å². The van der Waals surface area contributed by atoms with Gasteiger partial charge in [-0.3, -0.25) is 19.7 Å². The maximum absolute atomic E-state index is 13.0. The average molecular weight is 453 g/mol. The fraction of sp³-hybridized carbons (Fsp3) is 0.375. The summed E-state index contributed by atoms with van der Waals surface area (Å²) in [5.41, 5.74) is 3.58. The van der Waals surface area contributed by atoms with Gasteiger partial charge < -0.3 is 15.7 Å². The Bertz CT molecular complexity index is 1140. The van der Waals surface area contributed by atoms with Gasteiger partial charge in [-0.15, -0.1) is 0 Å². The lowest BCUT2D eigenvalue weighted by atomic mass is 9.87. The van der Waals surface area contributed by atoms with Crippen LogP contribution in [0.3, 0.4) is 0 Å². The third-order valence-corrected chi connectivity index (χ3v) is 6.14. The summed E-state index contributed by atoms with van der Waals surface area (Å²) in [6.45, 7) is 5.09. The number of benzene rings is 2. The van der Waals surface area contributed by atoms with E-state index in [0.29, 0.717) is 22.3 Å². The van der Waals surface area contributed by atoms with E-state index < -0.39 is 34.8 Å². The molecule has 1 aliphatic heterocycles. The van der Waals surface area contributed by atoms with Crippen LogP contribution in [0.15, 0.2) is 30.3 Å². The van der Waals surface area contributed by atoms with Crippen molar-refractivity contribution in [3.63, 3.8) is 0 Å². The molecule has 0 spiro atoms. The van der Waals surface area contributed by atoms with Gasteiger partial charge in [0.1, 0.15) is 6.04 Å². The molecule has 1 heterocycles. The largest absolute Gasteiger partial charge is 0.480 e. The Labute approximate surface area is 191 Å². The molecule has 3 N–H and O–H groups in total. The van der Waals surface area contributed by atoms with E-state index in [1.165, 1.54) is 6.07 Å². The lowest BCUT2D eigenvalue weighted by molar-refractivity contribution is -0.385. The smallest absolute Gasteiger partial charge is 0.326 e. The van der Waals surface area contributed by atoms with Crippen LogP contribution in [0.5, 0.6) is 0 Å². The minimum atomic E-state index is -1.29. The van der Waals surface area contributed by atoms with E-state index in [-0.39, 0.29) is 24.3 Å². The Kier molecular flexibility index (Phi) is 6.92. The summed E-state index contributed by atoms with van der Waals surface area (Å²) in [5, 5.41) is 26.9. The third kappa shape index (κ3) is 4.93. The van der Waals surface area contributed by atoms with Gasteiger partial charge in [-0.1, -0.05) is 25.1 Å². The second kappa shape index (κ2) is 9.50. The molecule has 4 bridgehead atoms. The number of aryl methyl sites for hydroxylation is 1. The summed E-state index contributed by atoms with van der Waals surface area (Å²) < 4.78 is 0. The molecule has 9 heteroatoms. The Morgan fingerprint density at radius 3 is 2.45 bits per heavy atom. The molecule has 1 amide bonds. The van der Waals surface area contributed by atoms with Crippen molar-refractivity contribution in [2.24, 2.45) is 5.92 Å². The van der Waals surface area contributed by atoms with Gasteiger partial charge >= 0.3 is 5.97 Å². The summed E-state index contributed by atoms with van der Waals surface area (Å²) in [6.07, 6.45) is -0.198. The first-order chi connectivity index (χ1) is 15.5. The molecular weight excluding hydrogens is 426 g/mol. The number of hydrogen-bond donors (Lipinski definition) is 3. The number of likely N-dealkylation sites (N-methyl/N-ethyl adjacent to an activating group) is 1. The molecule has 0 radical (unpaired) electrons. The molecule has 0 saturated heterocycles. The maximum atomic E-state index is 13.0. The van der Waals surface area contributed by atoms with Gasteiger partial charge in [-0.25, -0.2) is 4.79 Å². The SMILES string of the molecule is CN[C@@H]1C(=O)C[C@@H](C)C(=O)N[C@H](C(=O)O)Cc2cc(c(C)c([N+](=O)[O-])c2)-c2cc1ccc2C. The summed E-state index contributed by atoms with van der Waals surface area (Å²) in [6, 6.07) is 6.61. The van der Waals surface area contributed by atoms with Crippen LogP contribution in [0.4, 0.5) is 5.69 Å². The van der Waals surface area contributed by atoms with Crippen molar-refractivity contribution in [3.05, 3.63) is 62.7 Å². The number of nitro benzene ring substituents is 1. The standard InChI is InChI=1S/C24H27N3O6/c1-12-5-6-16-11-17(12)18-8-15(10-20(14(18)3)27(32)33)9-19(24(30)31)26-23(29)13(2)7-21(28)22(16)25-4/h5-6,8,10-11,13,19,22,25H,7,9H2,1-4H3,(H,26,29)(H,30,31)/t13-,19+,22+/m1/s1. The van der Waals surface area contributed by atoms with Gasteiger partial charge in [-0.05, 0) is 54.8 Å². The molecule has 0 aromatic heterocycles. The Balaban J connectivity index is 2.30. The number of amides is 1. The highest BCUT2D eigenvalue weighted by Crippen LogP contribution is 2.35. The van der Waals surface area contributed by atoms with Crippen molar-refractivity contribution in [2.75, 3.05) is 7.05 Å². The summed E-state index contributed by atoms with van der Waals surface area (Å²) >= 11 is 0. The van der Waals surface area contributed by atoms with Gasteiger partial charge in [0.2, 0.25) is 5.91 Å². The fourth-order valence-corrected chi connectivity index (χ4v) is 4.23. The van der Waals surface area contributed by atoms with E-state index in [9.17, 15) is 29.6 Å². The predicted octanol–water partition coefficient (Wildman–Crippen LogP) is 2.86. The second-order valence-corrected chi connectivity index (χ2v) is 8.52. The van der Waals surface area contributed by atoms with Gasteiger partial charge in [-0.2, -0.15) is 0 Å². The van der Waals surface area contributed by atoms with Crippen LogP contribution >= 0.6 is 0 Å². The molecule has 2 aromatic rings. The van der Waals surface area contributed by atoms with Crippen LogP contribution in [-0.2, 0) is 20.8 Å². The summed E-state index contributed by atoms with van der Waals surface area (Å²) in [4.78, 5) is 48.8. The number of fused-ring (bicyclic) bond motifs is 5. The molecule has 0 fully saturated rings. The van der Waals surface area contributed by atoms with Crippen LogP contribution in [0.25, 0.3) is 11.1 Å². The number of nitrogens with zero attached hydrogens (tertiary/aromatic N) is 1. The second-order valence-electron chi connectivity index (χ2n) is 8.52. The molecule has 0 unspecified atom stereocenters. The lowest BCUT2D eigenvalue weighted by Crippen LogP contribution is -2.45. The van der Waals surface area contributed by atoms with E-state index in [0.717, 1.165) is 11.1 Å². The van der Waals surface area contributed by atoms with E-state index in [4.69, 9.17) is 0 Å². The zero-order valence-electron chi connectivity index (χ0n) is 19.0. The topological polar surface area (TPSA) is 139 Å². The summed E-state index contributed by atoms with van der Waals surface area (Å²) in [7, 11) is 1.65. The molecule has 33 heavy (non-hydrogen) atoms. The monoisotopic (exact) mass is 453 g/mol. The van der Waals surface area contributed by atoms with Crippen LogP contribution in [0, 0.1) is 29.9 Å². The highest BCUT2D eigenvalue weighted by molar-refractivity contribution is 5.92. The van der Waals surface area contributed by atoms with Crippen molar-refractivity contribution in [3.8, 4) is 11.1 Å². The van der Waals surface area contributed by atoms with E-state index in [1.807, 2.05) is 25.1 Å². The van der Waals surface area contributed by atoms with Gasteiger partial charge in [0.05, 0.1) is 11.0 Å². The number of carbonyl (C=O) groups is 3. The first-order valence-corrected chi connectivity index (χ1v) is 10.7. The minimum absolute atomic E-state index is 0.0668. The fourth-order valence-electron chi connectivity index (χ4n) is 4.23. The first kappa shape index (κ1) is 24.1. The van der Waals surface area contributed by atoms with Crippen LogP contribution < -0.4 is 10.6 Å². The van der Waals surface area contributed by atoms with Crippen molar-refractivity contribution >= 4 is 23.3 Å². The number of carbonyl (C=O) groups excluding carboxylic acids is 2. The van der Waals surface area contributed by atoms with E-state index >= 15 is 0 Å². The number of carboxylic acids is 1. The van der Waals surface area contributed by atoms with Gasteiger partial charge in [0, 0.05) is 30.4 Å². The number of hydrogen-bond acceptors (Lipinski definition) is 6. The molecule has 0 saturated carbocycles. The molecule has 1 aliphatic rings. The molecule has 3 rings (SSSR count). The number of ketones is 1. The van der Waals surface area contributed by atoms with Gasteiger partial charge in [0.25, 0.3) is 5.69 Å².